The van der Waals surface area contributed by atoms with Gasteiger partial charge in [-0.2, -0.15) is 0 Å². The smallest absolute Gasteiger partial charge is 0.228 e. The molecular weight excluding hydrogens is 224 g/mol. The molecule has 1 rings (SSSR count). The summed E-state index contributed by atoms with van der Waals surface area (Å²) < 4.78 is 0. The van der Waals surface area contributed by atoms with E-state index in [0.717, 1.165) is 12.1 Å². The molecule has 0 fully saturated rings. The van der Waals surface area contributed by atoms with Gasteiger partial charge in [0, 0.05) is 12.2 Å². The zero-order valence-corrected chi connectivity index (χ0v) is 11.8. The molecule has 100 valence electrons. The maximum absolute atomic E-state index is 12.0. The SMILES string of the molecule is CCC(CNC)C(=O)Nc1ccc(C(C)C)cc1. The van der Waals surface area contributed by atoms with Crippen LogP contribution in [-0.2, 0) is 4.79 Å². The van der Waals surface area contributed by atoms with Crippen molar-refractivity contribution >= 4 is 11.6 Å². The van der Waals surface area contributed by atoms with Gasteiger partial charge in [0.1, 0.15) is 0 Å². The summed E-state index contributed by atoms with van der Waals surface area (Å²) in [4.78, 5) is 12.0. The Kier molecular flexibility index (Phi) is 5.86. The third-order valence-corrected chi connectivity index (χ3v) is 3.16. The van der Waals surface area contributed by atoms with Gasteiger partial charge < -0.3 is 10.6 Å². The van der Waals surface area contributed by atoms with Crippen LogP contribution in [0.1, 0.15) is 38.7 Å². The molecule has 0 aromatic heterocycles. The van der Waals surface area contributed by atoms with E-state index in [0.29, 0.717) is 12.5 Å². The van der Waals surface area contributed by atoms with Gasteiger partial charge >= 0.3 is 0 Å². The summed E-state index contributed by atoms with van der Waals surface area (Å²) >= 11 is 0. The average Bonchev–Trinajstić information content (AvgIpc) is 2.36. The number of rotatable bonds is 6. The van der Waals surface area contributed by atoms with E-state index in [1.54, 1.807) is 0 Å². The fraction of sp³-hybridized carbons (Fsp3) is 0.533. The summed E-state index contributed by atoms with van der Waals surface area (Å²) in [5.74, 6) is 0.631. The van der Waals surface area contributed by atoms with Crippen molar-refractivity contribution in [1.29, 1.82) is 0 Å². The van der Waals surface area contributed by atoms with Crippen molar-refractivity contribution in [2.24, 2.45) is 5.92 Å². The highest BCUT2D eigenvalue weighted by molar-refractivity contribution is 5.92. The van der Waals surface area contributed by atoms with Crippen LogP contribution in [0.25, 0.3) is 0 Å². The van der Waals surface area contributed by atoms with E-state index < -0.39 is 0 Å². The van der Waals surface area contributed by atoms with Gasteiger partial charge in [0.25, 0.3) is 0 Å². The molecule has 0 spiro atoms. The van der Waals surface area contributed by atoms with E-state index in [4.69, 9.17) is 0 Å². The summed E-state index contributed by atoms with van der Waals surface area (Å²) in [6, 6.07) is 8.08. The third-order valence-electron chi connectivity index (χ3n) is 3.16. The third kappa shape index (κ3) is 4.15. The maximum Gasteiger partial charge on any atom is 0.228 e. The van der Waals surface area contributed by atoms with Gasteiger partial charge in [-0.25, -0.2) is 0 Å². The highest BCUT2D eigenvalue weighted by Crippen LogP contribution is 2.17. The van der Waals surface area contributed by atoms with Crippen molar-refractivity contribution in [3.05, 3.63) is 29.8 Å². The van der Waals surface area contributed by atoms with Gasteiger partial charge in [0.05, 0.1) is 5.92 Å². The molecule has 0 heterocycles. The summed E-state index contributed by atoms with van der Waals surface area (Å²) in [5.41, 5.74) is 2.16. The van der Waals surface area contributed by atoms with Crippen molar-refractivity contribution in [1.82, 2.24) is 5.32 Å². The van der Waals surface area contributed by atoms with E-state index >= 15 is 0 Å². The molecule has 1 atom stereocenters. The van der Waals surface area contributed by atoms with E-state index in [2.05, 4.69) is 36.6 Å². The van der Waals surface area contributed by atoms with Crippen LogP contribution in [-0.4, -0.2) is 19.5 Å². The molecule has 0 aliphatic carbocycles. The minimum atomic E-state index is 0.0276. The number of amides is 1. The fourth-order valence-electron chi connectivity index (χ4n) is 1.86. The molecule has 3 nitrogen and oxygen atoms in total. The zero-order chi connectivity index (χ0) is 13.5. The summed E-state index contributed by atoms with van der Waals surface area (Å²) in [7, 11) is 1.87. The largest absolute Gasteiger partial charge is 0.326 e. The molecule has 1 amide bonds. The summed E-state index contributed by atoms with van der Waals surface area (Å²) in [6.45, 7) is 7.07. The van der Waals surface area contributed by atoms with Crippen molar-refractivity contribution < 1.29 is 4.79 Å². The minimum absolute atomic E-state index is 0.0276. The van der Waals surface area contributed by atoms with Crippen LogP contribution in [0.5, 0.6) is 0 Å². The Balaban J connectivity index is 2.63. The molecule has 0 aliphatic rings. The highest BCUT2D eigenvalue weighted by atomic mass is 16.1. The van der Waals surface area contributed by atoms with E-state index in [9.17, 15) is 4.79 Å². The van der Waals surface area contributed by atoms with Gasteiger partial charge in [0.15, 0.2) is 0 Å². The lowest BCUT2D eigenvalue weighted by atomic mass is 10.0. The first-order chi connectivity index (χ1) is 8.58. The average molecular weight is 248 g/mol. The van der Waals surface area contributed by atoms with Crippen molar-refractivity contribution in [3.8, 4) is 0 Å². The molecule has 3 heteroatoms. The van der Waals surface area contributed by atoms with Crippen LogP contribution in [0.3, 0.4) is 0 Å². The van der Waals surface area contributed by atoms with Gasteiger partial charge in [0.2, 0.25) is 5.91 Å². The number of carbonyl (C=O) groups excluding carboxylic acids is 1. The van der Waals surface area contributed by atoms with Crippen LogP contribution in [0.4, 0.5) is 5.69 Å². The van der Waals surface area contributed by atoms with E-state index in [1.807, 2.05) is 26.1 Å². The Morgan fingerprint density at radius 2 is 1.83 bits per heavy atom. The molecule has 0 bridgehead atoms. The summed E-state index contributed by atoms with van der Waals surface area (Å²) in [6.07, 6.45) is 0.844. The second kappa shape index (κ2) is 7.17. The fourth-order valence-corrected chi connectivity index (χ4v) is 1.86. The topological polar surface area (TPSA) is 41.1 Å². The lowest BCUT2D eigenvalue weighted by molar-refractivity contribution is -0.119. The summed E-state index contributed by atoms with van der Waals surface area (Å²) in [5, 5.41) is 6.01. The predicted molar refractivity (Wildman–Crippen MR) is 76.9 cm³/mol. The Morgan fingerprint density at radius 3 is 2.28 bits per heavy atom. The molecule has 1 aromatic carbocycles. The first-order valence-electron chi connectivity index (χ1n) is 6.63. The Bertz CT molecular complexity index is 371. The zero-order valence-electron chi connectivity index (χ0n) is 11.8. The van der Waals surface area contributed by atoms with Gasteiger partial charge in [-0.05, 0) is 37.1 Å². The predicted octanol–water partition coefficient (Wildman–Crippen LogP) is 2.99. The van der Waals surface area contributed by atoms with Crippen LogP contribution in [0.2, 0.25) is 0 Å². The minimum Gasteiger partial charge on any atom is -0.326 e. The number of benzene rings is 1. The lowest BCUT2D eigenvalue weighted by Crippen LogP contribution is -2.30. The molecule has 1 unspecified atom stereocenters. The van der Waals surface area contributed by atoms with Crippen LogP contribution in [0.15, 0.2) is 24.3 Å². The quantitative estimate of drug-likeness (QED) is 0.812. The molecule has 0 saturated carbocycles. The number of hydrogen-bond donors (Lipinski definition) is 2. The number of anilines is 1. The van der Waals surface area contributed by atoms with Crippen molar-refractivity contribution in [2.45, 2.75) is 33.1 Å². The second-order valence-electron chi connectivity index (χ2n) is 4.93. The number of hydrogen-bond acceptors (Lipinski definition) is 2. The molecule has 0 radical (unpaired) electrons. The Hall–Kier alpha value is -1.35. The molecular formula is C15H24N2O. The normalized spacial score (nSPS) is 12.5. The van der Waals surface area contributed by atoms with Gasteiger partial charge in [-0.1, -0.05) is 32.9 Å². The molecule has 18 heavy (non-hydrogen) atoms. The first-order valence-corrected chi connectivity index (χ1v) is 6.63. The van der Waals surface area contributed by atoms with Gasteiger partial charge in [-0.3, -0.25) is 4.79 Å². The van der Waals surface area contributed by atoms with E-state index in [1.165, 1.54) is 5.56 Å². The number of carbonyl (C=O) groups is 1. The van der Waals surface area contributed by atoms with Crippen molar-refractivity contribution in [3.63, 3.8) is 0 Å². The van der Waals surface area contributed by atoms with Gasteiger partial charge in [-0.15, -0.1) is 0 Å². The number of nitrogens with one attached hydrogen (secondary N) is 2. The van der Waals surface area contributed by atoms with Crippen LogP contribution < -0.4 is 10.6 Å². The Morgan fingerprint density at radius 1 is 1.22 bits per heavy atom. The lowest BCUT2D eigenvalue weighted by Gasteiger charge is -2.15. The standard InChI is InChI=1S/C15H24N2O/c1-5-12(10-16-4)15(18)17-14-8-6-13(7-9-14)11(2)3/h6-9,11-12,16H,5,10H2,1-4H3,(H,17,18). The highest BCUT2D eigenvalue weighted by Gasteiger charge is 2.15. The molecule has 0 aliphatic heterocycles. The van der Waals surface area contributed by atoms with Crippen molar-refractivity contribution in [2.75, 3.05) is 18.9 Å². The Labute approximate surface area is 110 Å². The van der Waals surface area contributed by atoms with Crippen LogP contribution >= 0.6 is 0 Å². The molecule has 1 aromatic rings. The maximum atomic E-state index is 12.0. The molecule has 2 N–H and O–H groups in total. The van der Waals surface area contributed by atoms with E-state index in [-0.39, 0.29) is 11.8 Å². The van der Waals surface area contributed by atoms with Crippen LogP contribution in [0, 0.1) is 5.92 Å². The monoisotopic (exact) mass is 248 g/mol. The molecule has 0 saturated heterocycles. The second-order valence-corrected chi connectivity index (χ2v) is 4.93. The first kappa shape index (κ1) is 14.7.